The van der Waals surface area contributed by atoms with Gasteiger partial charge in [0, 0.05) is 42.4 Å². The van der Waals surface area contributed by atoms with Crippen molar-refractivity contribution >= 4 is 5.91 Å². The number of nitrogens with zero attached hydrogens (tertiary/aromatic N) is 4. The summed E-state index contributed by atoms with van der Waals surface area (Å²) in [7, 11) is 0. The maximum atomic E-state index is 12.6. The van der Waals surface area contributed by atoms with Crippen molar-refractivity contribution in [1.82, 2.24) is 20.0 Å². The summed E-state index contributed by atoms with van der Waals surface area (Å²) in [5.41, 5.74) is 0.614. The summed E-state index contributed by atoms with van der Waals surface area (Å²) in [4.78, 5) is 23.0. The maximum absolute atomic E-state index is 12.6. The lowest BCUT2D eigenvalue weighted by Crippen LogP contribution is -2.44. The Kier molecular flexibility index (Phi) is 4.64. The lowest BCUT2D eigenvalue weighted by Gasteiger charge is -2.35. The Labute approximate surface area is 142 Å². The van der Waals surface area contributed by atoms with E-state index in [4.69, 9.17) is 4.52 Å². The van der Waals surface area contributed by atoms with E-state index >= 15 is 0 Å². The molecule has 3 rings (SSSR count). The molecule has 0 spiro atoms. The number of likely N-dealkylation sites (tertiary alicyclic amines) is 1. The number of carbonyl (C=O) groups excluding carboxylic acids is 1. The molecule has 0 bridgehead atoms. The van der Waals surface area contributed by atoms with Crippen LogP contribution in [-0.2, 0) is 4.79 Å². The summed E-state index contributed by atoms with van der Waals surface area (Å²) in [6.45, 7) is 7.59. The number of hydrogen-bond acceptors (Lipinski definition) is 5. The van der Waals surface area contributed by atoms with Crippen LogP contribution in [0.15, 0.2) is 29.0 Å². The van der Waals surface area contributed by atoms with Crippen molar-refractivity contribution in [2.24, 2.45) is 5.41 Å². The first-order valence-corrected chi connectivity index (χ1v) is 8.54. The monoisotopic (exact) mass is 328 g/mol. The zero-order valence-corrected chi connectivity index (χ0v) is 14.5. The largest absolute Gasteiger partial charge is 0.342 e. The average molecular weight is 328 g/mol. The van der Waals surface area contributed by atoms with Crippen molar-refractivity contribution in [1.29, 1.82) is 0 Å². The average Bonchev–Trinajstić information content (AvgIpc) is 3.12. The molecule has 1 aliphatic heterocycles. The van der Waals surface area contributed by atoms with Gasteiger partial charge in [0.2, 0.25) is 17.6 Å². The van der Waals surface area contributed by atoms with Crippen LogP contribution in [0.25, 0.3) is 11.4 Å². The highest BCUT2D eigenvalue weighted by Crippen LogP contribution is 2.31. The predicted octanol–water partition coefficient (Wildman–Crippen LogP) is 3.27. The molecule has 0 radical (unpaired) electrons. The van der Waals surface area contributed by atoms with Gasteiger partial charge in [0.15, 0.2) is 0 Å². The van der Waals surface area contributed by atoms with Crippen molar-refractivity contribution < 1.29 is 9.32 Å². The van der Waals surface area contributed by atoms with E-state index in [0.29, 0.717) is 11.7 Å². The lowest BCUT2D eigenvalue weighted by molar-refractivity contribution is -0.141. The molecule has 3 heterocycles. The second-order valence-corrected chi connectivity index (χ2v) is 7.00. The minimum Gasteiger partial charge on any atom is -0.342 e. The highest BCUT2D eigenvalue weighted by molar-refractivity contribution is 5.82. The Hall–Kier alpha value is -2.24. The van der Waals surface area contributed by atoms with Gasteiger partial charge in [-0.2, -0.15) is 4.98 Å². The molecule has 1 amide bonds. The fourth-order valence-corrected chi connectivity index (χ4v) is 2.93. The van der Waals surface area contributed by atoms with Crippen LogP contribution >= 0.6 is 0 Å². The molecule has 6 nitrogen and oxygen atoms in total. The van der Waals surface area contributed by atoms with Gasteiger partial charge in [-0.3, -0.25) is 9.78 Å². The van der Waals surface area contributed by atoms with Crippen LogP contribution in [0.3, 0.4) is 0 Å². The summed E-state index contributed by atoms with van der Waals surface area (Å²) in [6, 6.07) is 3.73. The summed E-state index contributed by atoms with van der Waals surface area (Å²) in [6.07, 6.45) is 6.01. The van der Waals surface area contributed by atoms with Gasteiger partial charge < -0.3 is 9.42 Å². The van der Waals surface area contributed by atoms with Gasteiger partial charge in [-0.25, -0.2) is 0 Å². The van der Waals surface area contributed by atoms with Crippen LogP contribution in [0.1, 0.15) is 51.8 Å². The van der Waals surface area contributed by atoms with Gasteiger partial charge in [0.25, 0.3) is 0 Å². The molecule has 1 saturated heterocycles. The summed E-state index contributed by atoms with van der Waals surface area (Å²) in [5, 5.41) is 4.07. The topological polar surface area (TPSA) is 72.1 Å². The first kappa shape index (κ1) is 16.6. The summed E-state index contributed by atoms with van der Waals surface area (Å²) in [5.74, 6) is 1.73. The second-order valence-electron chi connectivity index (χ2n) is 7.00. The Morgan fingerprint density at radius 2 is 1.96 bits per heavy atom. The van der Waals surface area contributed by atoms with Crippen molar-refractivity contribution in [2.75, 3.05) is 13.1 Å². The van der Waals surface area contributed by atoms with Crippen LogP contribution in [0.4, 0.5) is 0 Å². The molecule has 2 aromatic heterocycles. The van der Waals surface area contributed by atoms with E-state index in [1.165, 1.54) is 0 Å². The third kappa shape index (κ3) is 3.32. The van der Waals surface area contributed by atoms with Crippen LogP contribution in [0, 0.1) is 5.41 Å². The maximum Gasteiger partial charge on any atom is 0.230 e. The Morgan fingerprint density at radius 3 is 2.58 bits per heavy atom. The molecule has 0 aromatic carbocycles. The number of piperidine rings is 1. The molecular formula is C18H24N4O2. The van der Waals surface area contributed by atoms with Gasteiger partial charge in [-0.1, -0.05) is 25.9 Å². The molecule has 0 saturated carbocycles. The van der Waals surface area contributed by atoms with Gasteiger partial charge in [-0.05, 0) is 31.4 Å². The van der Waals surface area contributed by atoms with E-state index in [9.17, 15) is 4.79 Å². The van der Waals surface area contributed by atoms with Crippen molar-refractivity contribution in [2.45, 2.75) is 46.0 Å². The van der Waals surface area contributed by atoms with Gasteiger partial charge in [0.1, 0.15) is 0 Å². The molecule has 2 aromatic rings. The van der Waals surface area contributed by atoms with Crippen LogP contribution in [0.2, 0.25) is 0 Å². The number of aromatic nitrogens is 3. The van der Waals surface area contributed by atoms with Crippen LogP contribution in [0.5, 0.6) is 0 Å². The van der Waals surface area contributed by atoms with Crippen molar-refractivity contribution in [3.63, 3.8) is 0 Å². The van der Waals surface area contributed by atoms with Gasteiger partial charge >= 0.3 is 0 Å². The number of hydrogen-bond donors (Lipinski definition) is 0. The minimum atomic E-state index is -0.286. The molecular weight excluding hydrogens is 304 g/mol. The van der Waals surface area contributed by atoms with Crippen LogP contribution in [-0.4, -0.2) is 39.0 Å². The number of carbonyl (C=O) groups is 1. The fourth-order valence-electron chi connectivity index (χ4n) is 2.93. The van der Waals surface area contributed by atoms with Crippen molar-refractivity contribution in [3.05, 3.63) is 30.4 Å². The zero-order valence-electron chi connectivity index (χ0n) is 14.5. The standard InChI is InChI=1S/C18H24N4O2/c1-4-18(2,3)17(23)22-11-7-14(8-12-22)16-20-15(21-24-16)13-5-9-19-10-6-13/h5-6,9-10,14H,4,7-8,11-12H2,1-3H3. The van der Waals surface area contributed by atoms with E-state index in [1.54, 1.807) is 12.4 Å². The first-order chi connectivity index (χ1) is 11.5. The number of amides is 1. The number of pyridine rings is 1. The second kappa shape index (κ2) is 6.71. The molecule has 0 unspecified atom stereocenters. The SMILES string of the molecule is CCC(C)(C)C(=O)N1CCC(c2nc(-c3ccncc3)no2)CC1. The zero-order chi connectivity index (χ0) is 17.2. The molecule has 128 valence electrons. The van der Waals surface area contributed by atoms with E-state index in [0.717, 1.165) is 37.9 Å². The van der Waals surface area contributed by atoms with E-state index in [-0.39, 0.29) is 17.2 Å². The quantitative estimate of drug-likeness (QED) is 0.861. The molecule has 24 heavy (non-hydrogen) atoms. The van der Waals surface area contributed by atoms with E-state index in [1.807, 2.05) is 30.9 Å². The third-order valence-electron chi connectivity index (χ3n) is 4.97. The minimum absolute atomic E-state index is 0.224. The van der Waals surface area contributed by atoms with Gasteiger partial charge in [-0.15, -0.1) is 0 Å². The normalized spacial score (nSPS) is 16.4. The molecule has 1 fully saturated rings. The van der Waals surface area contributed by atoms with Crippen LogP contribution < -0.4 is 0 Å². The fraction of sp³-hybridized carbons (Fsp3) is 0.556. The molecule has 0 atom stereocenters. The molecule has 0 aliphatic carbocycles. The first-order valence-electron chi connectivity index (χ1n) is 8.54. The van der Waals surface area contributed by atoms with Crippen molar-refractivity contribution in [3.8, 4) is 11.4 Å². The highest BCUT2D eigenvalue weighted by atomic mass is 16.5. The van der Waals surface area contributed by atoms with E-state index in [2.05, 4.69) is 22.0 Å². The predicted molar refractivity (Wildman–Crippen MR) is 90.2 cm³/mol. The highest BCUT2D eigenvalue weighted by Gasteiger charge is 2.34. The number of rotatable bonds is 4. The molecule has 6 heteroatoms. The Balaban J connectivity index is 1.63. The molecule has 1 aliphatic rings. The molecule has 0 N–H and O–H groups in total. The third-order valence-corrected chi connectivity index (χ3v) is 4.97. The van der Waals surface area contributed by atoms with Gasteiger partial charge in [0.05, 0.1) is 0 Å². The Bertz CT molecular complexity index is 688. The summed E-state index contributed by atoms with van der Waals surface area (Å²) >= 11 is 0. The summed E-state index contributed by atoms with van der Waals surface area (Å²) < 4.78 is 5.46. The smallest absolute Gasteiger partial charge is 0.230 e. The Morgan fingerprint density at radius 1 is 1.29 bits per heavy atom. The lowest BCUT2D eigenvalue weighted by atomic mass is 9.87. The van der Waals surface area contributed by atoms with E-state index < -0.39 is 0 Å².